The van der Waals surface area contributed by atoms with Gasteiger partial charge in [-0.2, -0.15) is 0 Å². The highest BCUT2D eigenvalue weighted by Gasteiger charge is 2.33. The first-order valence-corrected chi connectivity index (χ1v) is 10.8. The largest absolute Gasteiger partial charge is 0.370 e. The van der Waals surface area contributed by atoms with Crippen LogP contribution in [0, 0.1) is 12.7 Å². The van der Waals surface area contributed by atoms with Crippen molar-refractivity contribution in [2.45, 2.75) is 26.1 Å². The number of amides is 2. The van der Waals surface area contributed by atoms with Crippen molar-refractivity contribution in [3.63, 3.8) is 0 Å². The van der Waals surface area contributed by atoms with Crippen LogP contribution in [0.15, 0.2) is 59.2 Å². The molecular weight excluding hydrogens is 427 g/mol. The zero-order valence-electron chi connectivity index (χ0n) is 18.3. The molecule has 0 saturated carbocycles. The van der Waals surface area contributed by atoms with Gasteiger partial charge < -0.3 is 14.5 Å². The topological polar surface area (TPSA) is 88.8 Å². The Morgan fingerprint density at radius 3 is 2.64 bits per heavy atom. The van der Waals surface area contributed by atoms with Crippen LogP contribution < -0.4 is 0 Å². The van der Waals surface area contributed by atoms with Crippen molar-refractivity contribution in [2.75, 3.05) is 26.2 Å². The minimum atomic E-state index is -0.459. The van der Waals surface area contributed by atoms with Crippen molar-refractivity contribution in [1.82, 2.24) is 20.1 Å². The monoisotopic (exact) mass is 452 g/mol. The minimum absolute atomic E-state index is 0.0735. The van der Waals surface area contributed by atoms with Crippen LogP contribution in [-0.2, 0) is 22.6 Å². The zero-order chi connectivity index (χ0) is 23.2. The first-order chi connectivity index (χ1) is 16.0. The number of rotatable bonds is 7. The molecule has 0 N–H and O–H groups in total. The molecule has 0 bridgehead atoms. The average Bonchev–Trinajstić information content (AvgIpc) is 3.17. The third-order valence-electron chi connectivity index (χ3n) is 5.56. The molecule has 1 aliphatic rings. The predicted molar refractivity (Wildman–Crippen MR) is 117 cm³/mol. The van der Waals surface area contributed by atoms with Gasteiger partial charge in [0, 0.05) is 19.6 Å². The molecule has 0 unspecified atom stereocenters. The van der Waals surface area contributed by atoms with Crippen LogP contribution in [0.5, 0.6) is 0 Å². The van der Waals surface area contributed by atoms with Crippen LogP contribution in [-0.4, -0.2) is 64.2 Å². The molecule has 4 rings (SSSR count). The number of nitrogens with zero attached hydrogens (tertiary/aromatic N) is 4. The van der Waals surface area contributed by atoms with Gasteiger partial charge >= 0.3 is 0 Å². The Morgan fingerprint density at radius 2 is 1.91 bits per heavy atom. The fourth-order valence-electron chi connectivity index (χ4n) is 3.78. The molecule has 1 aliphatic heterocycles. The van der Waals surface area contributed by atoms with Gasteiger partial charge in [-0.15, -0.1) is 0 Å². The van der Waals surface area contributed by atoms with Gasteiger partial charge in [-0.25, -0.2) is 9.02 Å². The molecule has 172 valence electrons. The van der Waals surface area contributed by atoms with Crippen LogP contribution in [0.25, 0.3) is 0 Å². The summed E-state index contributed by atoms with van der Waals surface area (Å²) in [6.07, 6.45) is 0.225. The zero-order valence-corrected chi connectivity index (χ0v) is 18.3. The van der Waals surface area contributed by atoms with Gasteiger partial charge in [-0.3, -0.25) is 9.59 Å². The number of aryl methyl sites for hydroxylation is 1. The number of benzene rings is 2. The maximum Gasteiger partial charge on any atom is 0.278 e. The second-order valence-corrected chi connectivity index (χ2v) is 8.02. The Hall–Kier alpha value is -3.59. The van der Waals surface area contributed by atoms with Crippen LogP contribution >= 0.6 is 0 Å². The first kappa shape index (κ1) is 22.6. The van der Waals surface area contributed by atoms with E-state index in [1.165, 1.54) is 17.0 Å². The van der Waals surface area contributed by atoms with E-state index in [0.29, 0.717) is 30.8 Å². The highest BCUT2D eigenvalue weighted by atomic mass is 19.1. The number of carbonyl (C=O) groups is 2. The van der Waals surface area contributed by atoms with E-state index in [0.717, 1.165) is 5.56 Å². The van der Waals surface area contributed by atoms with Gasteiger partial charge in [0.15, 0.2) is 5.69 Å². The van der Waals surface area contributed by atoms with E-state index in [1.807, 2.05) is 30.3 Å². The second kappa shape index (κ2) is 10.4. The van der Waals surface area contributed by atoms with E-state index in [2.05, 4.69) is 14.9 Å². The normalized spacial score (nSPS) is 16.7. The summed E-state index contributed by atoms with van der Waals surface area (Å²) in [5.41, 5.74) is 2.22. The fraction of sp³-hybridized carbons (Fsp3) is 0.333. The molecule has 1 saturated heterocycles. The smallest absolute Gasteiger partial charge is 0.278 e. The van der Waals surface area contributed by atoms with Gasteiger partial charge in [0.05, 0.1) is 12.7 Å². The molecular formula is C24H25FN4O4. The van der Waals surface area contributed by atoms with E-state index >= 15 is 0 Å². The van der Waals surface area contributed by atoms with E-state index in [-0.39, 0.29) is 37.1 Å². The van der Waals surface area contributed by atoms with E-state index < -0.39 is 12.0 Å². The van der Waals surface area contributed by atoms with Crippen molar-refractivity contribution in [2.24, 2.45) is 0 Å². The molecule has 2 amide bonds. The molecule has 1 atom stereocenters. The maximum absolute atomic E-state index is 13.6. The number of carbonyl (C=O) groups excluding carboxylic acids is 2. The third-order valence-corrected chi connectivity index (χ3v) is 5.56. The summed E-state index contributed by atoms with van der Waals surface area (Å²) in [6, 6.07) is 16.0. The molecule has 0 radical (unpaired) electrons. The summed E-state index contributed by atoms with van der Waals surface area (Å²) in [4.78, 5) is 29.2. The molecule has 0 aliphatic carbocycles. The molecule has 0 spiro atoms. The Kier molecular flexibility index (Phi) is 7.09. The summed E-state index contributed by atoms with van der Waals surface area (Å²) < 4.78 is 24.3. The van der Waals surface area contributed by atoms with Gasteiger partial charge in [0.1, 0.15) is 18.1 Å². The van der Waals surface area contributed by atoms with Crippen LogP contribution in [0.4, 0.5) is 4.39 Å². The fourth-order valence-corrected chi connectivity index (χ4v) is 3.78. The van der Waals surface area contributed by atoms with Gasteiger partial charge in [0.25, 0.3) is 5.91 Å². The third kappa shape index (κ3) is 5.81. The molecule has 1 fully saturated rings. The lowest BCUT2D eigenvalue weighted by atomic mass is 10.1. The SMILES string of the molecule is Cc1nonc1C(=O)N1CC(=O)N(CCc2ccccc2)C[C@H](OCc2cccc(F)c2)C1. The van der Waals surface area contributed by atoms with Crippen molar-refractivity contribution in [3.05, 3.63) is 82.9 Å². The Balaban J connectivity index is 1.50. The molecule has 9 heteroatoms. The summed E-state index contributed by atoms with van der Waals surface area (Å²) >= 11 is 0. The highest BCUT2D eigenvalue weighted by molar-refractivity contribution is 5.95. The lowest BCUT2D eigenvalue weighted by molar-refractivity contribution is -0.131. The van der Waals surface area contributed by atoms with E-state index in [9.17, 15) is 14.0 Å². The Bertz CT molecular complexity index is 1100. The van der Waals surface area contributed by atoms with E-state index in [4.69, 9.17) is 4.74 Å². The van der Waals surface area contributed by atoms with E-state index in [1.54, 1.807) is 24.0 Å². The molecule has 8 nitrogen and oxygen atoms in total. The Labute approximate surface area is 190 Å². The lowest BCUT2D eigenvalue weighted by Gasteiger charge is -2.25. The number of halogens is 1. The quantitative estimate of drug-likeness (QED) is 0.548. The van der Waals surface area contributed by atoms with Crippen LogP contribution in [0.1, 0.15) is 27.3 Å². The Morgan fingerprint density at radius 1 is 1.12 bits per heavy atom. The van der Waals surface area contributed by atoms with Gasteiger partial charge in [-0.05, 0) is 41.8 Å². The summed E-state index contributed by atoms with van der Waals surface area (Å²) in [5, 5.41) is 7.35. The minimum Gasteiger partial charge on any atom is -0.370 e. The van der Waals surface area contributed by atoms with Crippen LogP contribution in [0.2, 0.25) is 0 Å². The second-order valence-electron chi connectivity index (χ2n) is 8.02. The van der Waals surface area contributed by atoms with Crippen molar-refractivity contribution in [3.8, 4) is 0 Å². The molecule has 3 aromatic rings. The highest BCUT2D eigenvalue weighted by Crippen LogP contribution is 2.16. The summed E-state index contributed by atoms with van der Waals surface area (Å²) in [6.45, 7) is 2.69. The first-order valence-electron chi connectivity index (χ1n) is 10.8. The number of hydrogen-bond donors (Lipinski definition) is 0. The predicted octanol–water partition coefficient (Wildman–Crippen LogP) is 2.63. The number of ether oxygens (including phenoxy) is 1. The van der Waals surface area contributed by atoms with Gasteiger partial charge in [-0.1, -0.05) is 47.6 Å². The van der Waals surface area contributed by atoms with Crippen molar-refractivity contribution in [1.29, 1.82) is 0 Å². The van der Waals surface area contributed by atoms with Gasteiger partial charge in [0.2, 0.25) is 5.91 Å². The molecule has 33 heavy (non-hydrogen) atoms. The maximum atomic E-state index is 13.6. The lowest BCUT2D eigenvalue weighted by Crippen LogP contribution is -2.40. The molecule has 2 heterocycles. The van der Waals surface area contributed by atoms with Crippen molar-refractivity contribution < 1.29 is 23.3 Å². The summed E-state index contributed by atoms with van der Waals surface area (Å²) in [5.74, 6) is -0.959. The molecule has 1 aromatic heterocycles. The summed E-state index contributed by atoms with van der Waals surface area (Å²) in [7, 11) is 0. The average molecular weight is 452 g/mol. The number of aromatic nitrogens is 2. The molecule has 2 aromatic carbocycles. The van der Waals surface area contributed by atoms with Crippen LogP contribution in [0.3, 0.4) is 0 Å². The van der Waals surface area contributed by atoms with Crippen molar-refractivity contribution >= 4 is 11.8 Å². The number of hydrogen-bond acceptors (Lipinski definition) is 6. The standard InChI is InChI=1S/C24H25FN4O4/c1-17-23(27-33-26-17)24(31)29-14-21(32-16-19-8-5-9-20(25)12-19)13-28(22(30)15-29)11-10-18-6-3-2-4-7-18/h2-9,12,21H,10-11,13-16H2,1H3/t21-/m0/s1.